The van der Waals surface area contributed by atoms with E-state index in [1.54, 1.807) is 5.57 Å². The quantitative estimate of drug-likeness (QED) is 0.723. The third kappa shape index (κ3) is 3.73. The highest BCUT2D eigenvalue weighted by molar-refractivity contribution is 5.40. The second kappa shape index (κ2) is 7.64. The van der Waals surface area contributed by atoms with Crippen LogP contribution in [0.25, 0.3) is 0 Å². The fraction of sp³-hybridized carbons (Fsp3) is 0.579. The molecule has 1 nitrogen and oxygen atoms in total. The lowest BCUT2D eigenvalue weighted by atomic mass is 9.89. The number of rotatable bonds is 5. The predicted molar refractivity (Wildman–Crippen MR) is 88.1 cm³/mol. The van der Waals surface area contributed by atoms with Gasteiger partial charge < -0.3 is 5.32 Å². The summed E-state index contributed by atoms with van der Waals surface area (Å²) in [6, 6.07) is 7.10. The van der Waals surface area contributed by atoms with E-state index in [9.17, 15) is 0 Å². The summed E-state index contributed by atoms with van der Waals surface area (Å²) in [7, 11) is 0. The van der Waals surface area contributed by atoms with Gasteiger partial charge in [0.25, 0.3) is 0 Å². The first kappa shape index (κ1) is 15.3. The Morgan fingerprint density at radius 1 is 1.10 bits per heavy atom. The van der Waals surface area contributed by atoms with Crippen molar-refractivity contribution in [1.29, 1.82) is 0 Å². The van der Waals surface area contributed by atoms with E-state index in [1.165, 1.54) is 55.2 Å². The van der Waals surface area contributed by atoms with E-state index in [2.05, 4.69) is 50.4 Å². The second-order valence-corrected chi connectivity index (χ2v) is 6.07. The number of nitrogens with one attached hydrogen (secondary N) is 1. The van der Waals surface area contributed by atoms with Gasteiger partial charge in [0.05, 0.1) is 6.04 Å². The highest BCUT2D eigenvalue weighted by atomic mass is 14.9. The Labute approximate surface area is 124 Å². The molecular formula is C19H29N. The molecule has 1 N–H and O–H groups in total. The molecule has 1 unspecified atom stereocenters. The Kier molecular flexibility index (Phi) is 5.85. The van der Waals surface area contributed by atoms with Crippen molar-refractivity contribution in [3.05, 3.63) is 46.5 Å². The lowest BCUT2D eigenvalue weighted by Crippen LogP contribution is -2.25. The van der Waals surface area contributed by atoms with Crippen LogP contribution in [0.3, 0.4) is 0 Å². The summed E-state index contributed by atoms with van der Waals surface area (Å²) in [6.07, 6.45) is 10.3. The van der Waals surface area contributed by atoms with Crippen LogP contribution in [0.1, 0.15) is 68.2 Å². The molecule has 1 aromatic carbocycles. The Hall–Kier alpha value is -1.08. The largest absolute Gasteiger partial charge is 0.307 e. The Bertz CT molecular complexity index is 439. The highest BCUT2D eigenvalue weighted by Gasteiger charge is 2.20. The summed E-state index contributed by atoms with van der Waals surface area (Å²) in [6.45, 7) is 7.84. The first-order valence-corrected chi connectivity index (χ1v) is 8.22. The van der Waals surface area contributed by atoms with E-state index >= 15 is 0 Å². The van der Waals surface area contributed by atoms with Gasteiger partial charge in [-0.3, -0.25) is 0 Å². The molecule has 20 heavy (non-hydrogen) atoms. The van der Waals surface area contributed by atoms with E-state index in [0.29, 0.717) is 6.04 Å². The Balaban J connectivity index is 2.33. The lowest BCUT2D eigenvalue weighted by molar-refractivity contribution is 0.563. The first-order valence-electron chi connectivity index (χ1n) is 8.22. The van der Waals surface area contributed by atoms with Crippen molar-refractivity contribution in [1.82, 2.24) is 5.32 Å². The van der Waals surface area contributed by atoms with Gasteiger partial charge in [-0.15, -0.1) is 0 Å². The molecule has 0 saturated carbocycles. The van der Waals surface area contributed by atoms with Gasteiger partial charge in [-0.05, 0) is 69.2 Å². The average Bonchev–Trinajstić information content (AvgIpc) is 2.71. The van der Waals surface area contributed by atoms with Crippen molar-refractivity contribution >= 4 is 0 Å². The second-order valence-electron chi connectivity index (χ2n) is 6.07. The molecule has 0 aromatic heterocycles. The molecule has 110 valence electrons. The number of hydrogen-bond acceptors (Lipinski definition) is 1. The van der Waals surface area contributed by atoms with Crippen LogP contribution in [0, 0.1) is 13.8 Å². The summed E-state index contributed by atoms with van der Waals surface area (Å²) in [4.78, 5) is 0. The van der Waals surface area contributed by atoms with Gasteiger partial charge >= 0.3 is 0 Å². The van der Waals surface area contributed by atoms with E-state index in [1.807, 2.05) is 0 Å². The maximum absolute atomic E-state index is 3.80. The van der Waals surface area contributed by atoms with Gasteiger partial charge in [0, 0.05) is 0 Å². The molecule has 1 aromatic rings. The van der Waals surface area contributed by atoms with Crippen molar-refractivity contribution in [3.8, 4) is 0 Å². The van der Waals surface area contributed by atoms with Crippen molar-refractivity contribution in [2.75, 3.05) is 6.54 Å². The molecule has 0 fully saturated rings. The van der Waals surface area contributed by atoms with E-state index in [-0.39, 0.29) is 0 Å². The van der Waals surface area contributed by atoms with Crippen LogP contribution in [-0.2, 0) is 0 Å². The number of hydrogen-bond donors (Lipinski definition) is 1. The molecule has 2 rings (SSSR count). The highest BCUT2D eigenvalue weighted by Crippen LogP contribution is 2.32. The zero-order valence-corrected chi connectivity index (χ0v) is 13.3. The average molecular weight is 271 g/mol. The standard InChI is InChI=1S/C19H29N/c1-4-14-20-19(17-12-7-5-6-8-13-17)18-15(2)10-9-11-16(18)3/h9-12,19-20H,4-8,13-14H2,1-3H3. The molecule has 0 heterocycles. The summed E-state index contributed by atoms with van der Waals surface area (Å²) in [5.41, 5.74) is 5.97. The van der Waals surface area contributed by atoms with Gasteiger partial charge in [-0.25, -0.2) is 0 Å². The Morgan fingerprint density at radius 3 is 2.55 bits per heavy atom. The topological polar surface area (TPSA) is 12.0 Å². The van der Waals surface area contributed by atoms with Crippen LogP contribution in [-0.4, -0.2) is 6.54 Å². The third-order valence-electron chi connectivity index (χ3n) is 4.38. The summed E-state index contributed by atoms with van der Waals surface area (Å²) in [5.74, 6) is 0. The van der Waals surface area contributed by atoms with Crippen LogP contribution in [0.2, 0.25) is 0 Å². The number of allylic oxidation sites excluding steroid dienone is 1. The zero-order valence-electron chi connectivity index (χ0n) is 13.3. The molecule has 0 radical (unpaired) electrons. The van der Waals surface area contributed by atoms with Gasteiger partial charge in [0.1, 0.15) is 0 Å². The van der Waals surface area contributed by atoms with Gasteiger partial charge in [0.2, 0.25) is 0 Å². The fourth-order valence-electron chi connectivity index (χ4n) is 3.29. The van der Waals surface area contributed by atoms with Crippen molar-refractivity contribution in [2.45, 2.75) is 65.3 Å². The third-order valence-corrected chi connectivity index (χ3v) is 4.38. The maximum Gasteiger partial charge on any atom is 0.0541 e. The Morgan fingerprint density at radius 2 is 1.85 bits per heavy atom. The minimum atomic E-state index is 0.425. The molecule has 0 amide bonds. The molecule has 1 atom stereocenters. The van der Waals surface area contributed by atoms with Crippen LogP contribution in [0.4, 0.5) is 0 Å². The number of aryl methyl sites for hydroxylation is 2. The van der Waals surface area contributed by atoms with Crippen molar-refractivity contribution < 1.29 is 0 Å². The van der Waals surface area contributed by atoms with Gasteiger partial charge in [0.15, 0.2) is 0 Å². The molecule has 0 bridgehead atoms. The van der Waals surface area contributed by atoms with Crippen molar-refractivity contribution in [2.24, 2.45) is 0 Å². The lowest BCUT2D eigenvalue weighted by Gasteiger charge is -2.25. The fourth-order valence-corrected chi connectivity index (χ4v) is 3.29. The predicted octanol–water partition coefficient (Wildman–Crippen LogP) is 5.23. The summed E-state index contributed by atoms with van der Waals surface area (Å²) < 4.78 is 0. The van der Waals surface area contributed by atoms with E-state index in [0.717, 1.165) is 6.54 Å². The van der Waals surface area contributed by atoms with E-state index in [4.69, 9.17) is 0 Å². The molecule has 0 aliphatic heterocycles. The van der Waals surface area contributed by atoms with Crippen LogP contribution in [0.5, 0.6) is 0 Å². The van der Waals surface area contributed by atoms with Crippen LogP contribution in [0.15, 0.2) is 29.8 Å². The molecule has 1 heteroatoms. The minimum absolute atomic E-state index is 0.425. The normalized spacial score (nSPS) is 17.4. The minimum Gasteiger partial charge on any atom is -0.307 e. The van der Waals surface area contributed by atoms with Crippen LogP contribution >= 0.6 is 0 Å². The summed E-state index contributed by atoms with van der Waals surface area (Å²) >= 11 is 0. The van der Waals surface area contributed by atoms with Gasteiger partial charge in [-0.2, -0.15) is 0 Å². The first-order chi connectivity index (χ1) is 9.74. The van der Waals surface area contributed by atoms with E-state index < -0.39 is 0 Å². The molecule has 1 aliphatic carbocycles. The zero-order chi connectivity index (χ0) is 14.4. The monoisotopic (exact) mass is 271 g/mol. The van der Waals surface area contributed by atoms with Crippen LogP contribution < -0.4 is 5.32 Å². The SMILES string of the molecule is CCCNC(C1=CCCCCC1)c1c(C)cccc1C. The molecule has 0 saturated heterocycles. The molecular weight excluding hydrogens is 242 g/mol. The summed E-state index contributed by atoms with van der Waals surface area (Å²) in [5, 5.41) is 3.80. The number of benzene rings is 1. The molecule has 1 aliphatic rings. The smallest absolute Gasteiger partial charge is 0.0541 e. The van der Waals surface area contributed by atoms with Crippen molar-refractivity contribution in [3.63, 3.8) is 0 Å². The maximum atomic E-state index is 3.80. The van der Waals surface area contributed by atoms with Gasteiger partial charge in [-0.1, -0.05) is 43.2 Å². The molecule has 0 spiro atoms.